The van der Waals surface area contributed by atoms with E-state index in [2.05, 4.69) is 16.4 Å². The molecule has 0 amide bonds. The van der Waals surface area contributed by atoms with Crippen LogP contribution in [0.2, 0.25) is 0 Å². The van der Waals surface area contributed by atoms with Crippen molar-refractivity contribution in [2.24, 2.45) is 0 Å². The first-order valence-electron chi connectivity index (χ1n) is 13.2. The van der Waals surface area contributed by atoms with Crippen LogP contribution in [-0.2, 0) is 11.2 Å². The monoisotopic (exact) mass is 588 g/mol. The average Bonchev–Trinajstić information content (AvgIpc) is 2.88. The van der Waals surface area contributed by atoms with Crippen molar-refractivity contribution in [1.82, 2.24) is 0 Å². The number of ether oxygens (including phenoxy) is 3. The van der Waals surface area contributed by atoms with E-state index in [1.807, 2.05) is 24.3 Å². The number of hydrogen-bond acceptors (Lipinski definition) is 3. The lowest BCUT2D eigenvalue weighted by molar-refractivity contribution is -0.345. The molecule has 41 heavy (non-hydrogen) atoms. The largest absolute Gasteiger partial charge is 0.522 e. The minimum Gasteiger partial charge on any atom is -0.480 e. The van der Waals surface area contributed by atoms with Gasteiger partial charge in [0, 0.05) is 17.7 Å². The number of rotatable bonds is 10. The number of halogens is 8. The van der Waals surface area contributed by atoms with E-state index in [4.69, 9.17) is 4.74 Å². The SMILES string of the molecule is CCCc1ccc(-c2ccc(OCC(F)(F)Oc3cc(F)c(C4CCC(OC(F)(F)F)CC4)c(F)c3)c(F)c2)cc1. The molecule has 0 bridgehead atoms. The summed E-state index contributed by atoms with van der Waals surface area (Å²) < 4.78 is 123. The van der Waals surface area contributed by atoms with Gasteiger partial charge in [0.1, 0.15) is 17.4 Å². The van der Waals surface area contributed by atoms with E-state index in [9.17, 15) is 35.1 Å². The molecule has 222 valence electrons. The van der Waals surface area contributed by atoms with E-state index in [0.29, 0.717) is 17.7 Å². The second-order valence-electron chi connectivity index (χ2n) is 9.96. The van der Waals surface area contributed by atoms with Gasteiger partial charge in [0.2, 0.25) is 0 Å². The standard InChI is InChI=1S/C30H28F8O3/c1-2-3-18-4-6-19(7-5-18)21-10-13-27(24(31)14-21)39-17-29(34,35)40-23-15-25(32)28(26(33)16-23)20-8-11-22(12-9-20)41-30(36,37)38/h4-7,10,13-16,20,22H,2-3,8-9,11-12,17H2,1H3. The van der Waals surface area contributed by atoms with Crippen molar-refractivity contribution in [3.05, 3.63) is 83.2 Å². The quantitative estimate of drug-likeness (QED) is 0.221. The highest BCUT2D eigenvalue weighted by atomic mass is 19.4. The maximum absolute atomic E-state index is 14.7. The predicted octanol–water partition coefficient (Wildman–Crippen LogP) is 9.34. The Kier molecular flexibility index (Phi) is 9.46. The molecule has 0 aliphatic heterocycles. The topological polar surface area (TPSA) is 27.7 Å². The molecule has 0 aromatic heterocycles. The molecular formula is C30H28F8O3. The van der Waals surface area contributed by atoms with Gasteiger partial charge in [-0.15, -0.1) is 13.2 Å². The molecule has 1 aliphatic rings. The molecule has 0 atom stereocenters. The lowest BCUT2D eigenvalue weighted by Gasteiger charge is -2.29. The number of benzene rings is 3. The van der Waals surface area contributed by atoms with Crippen LogP contribution in [0.5, 0.6) is 11.5 Å². The minimum atomic E-state index is -4.81. The summed E-state index contributed by atoms with van der Waals surface area (Å²) in [5.41, 5.74) is 1.98. The normalized spacial score (nSPS) is 17.9. The van der Waals surface area contributed by atoms with Crippen LogP contribution in [0.25, 0.3) is 11.1 Å². The van der Waals surface area contributed by atoms with Gasteiger partial charge in [-0.05, 0) is 66.8 Å². The van der Waals surface area contributed by atoms with Crippen molar-refractivity contribution in [1.29, 1.82) is 0 Å². The van der Waals surface area contributed by atoms with E-state index < -0.39 is 65.6 Å². The molecule has 0 N–H and O–H groups in total. The summed E-state index contributed by atoms with van der Waals surface area (Å²) >= 11 is 0. The van der Waals surface area contributed by atoms with Gasteiger partial charge in [0.25, 0.3) is 0 Å². The fourth-order valence-electron chi connectivity index (χ4n) is 4.98. The van der Waals surface area contributed by atoms with Crippen LogP contribution in [0.3, 0.4) is 0 Å². The lowest BCUT2D eigenvalue weighted by Crippen LogP contribution is -2.32. The van der Waals surface area contributed by atoms with Crippen molar-refractivity contribution in [3.8, 4) is 22.6 Å². The molecule has 0 spiro atoms. The Hall–Kier alpha value is -3.34. The molecule has 0 heterocycles. The van der Waals surface area contributed by atoms with Crippen LogP contribution in [0, 0.1) is 17.5 Å². The Morgan fingerprint density at radius 1 is 0.756 bits per heavy atom. The molecule has 11 heteroatoms. The van der Waals surface area contributed by atoms with Gasteiger partial charge < -0.3 is 9.47 Å². The Morgan fingerprint density at radius 3 is 1.93 bits per heavy atom. The zero-order valence-corrected chi connectivity index (χ0v) is 22.0. The van der Waals surface area contributed by atoms with Crippen LogP contribution in [0.4, 0.5) is 35.1 Å². The summed E-state index contributed by atoms with van der Waals surface area (Å²) in [6.45, 7) is 0.615. The minimum absolute atomic E-state index is 0.0211. The molecule has 0 saturated heterocycles. The Balaban J connectivity index is 1.36. The van der Waals surface area contributed by atoms with E-state index in [0.717, 1.165) is 30.0 Å². The summed E-state index contributed by atoms with van der Waals surface area (Å²) in [5.74, 6) is -5.25. The van der Waals surface area contributed by atoms with Crippen molar-refractivity contribution in [2.45, 2.75) is 69.9 Å². The van der Waals surface area contributed by atoms with Crippen LogP contribution in [0.1, 0.15) is 56.1 Å². The molecule has 0 unspecified atom stereocenters. The fourth-order valence-corrected chi connectivity index (χ4v) is 4.98. The highest BCUT2D eigenvalue weighted by Gasteiger charge is 2.37. The Labute approximate surface area is 232 Å². The molecule has 3 nitrogen and oxygen atoms in total. The Morgan fingerprint density at radius 2 is 1.37 bits per heavy atom. The van der Waals surface area contributed by atoms with Crippen molar-refractivity contribution >= 4 is 0 Å². The molecule has 4 rings (SSSR count). The average molecular weight is 589 g/mol. The van der Waals surface area contributed by atoms with E-state index in [-0.39, 0.29) is 25.7 Å². The number of aryl methyl sites for hydroxylation is 1. The predicted molar refractivity (Wildman–Crippen MR) is 135 cm³/mol. The van der Waals surface area contributed by atoms with Gasteiger partial charge in [-0.2, -0.15) is 8.78 Å². The summed E-state index contributed by atoms with van der Waals surface area (Å²) in [7, 11) is 0. The lowest BCUT2D eigenvalue weighted by atomic mass is 9.82. The van der Waals surface area contributed by atoms with Crippen molar-refractivity contribution in [3.63, 3.8) is 0 Å². The highest BCUT2D eigenvalue weighted by Crippen LogP contribution is 2.40. The van der Waals surface area contributed by atoms with Crippen LogP contribution in [0.15, 0.2) is 54.6 Å². The zero-order valence-electron chi connectivity index (χ0n) is 22.0. The third kappa shape index (κ3) is 8.34. The summed E-state index contributed by atoms with van der Waals surface area (Å²) in [4.78, 5) is 0. The van der Waals surface area contributed by atoms with Gasteiger partial charge in [0.05, 0.1) is 6.10 Å². The second kappa shape index (κ2) is 12.7. The van der Waals surface area contributed by atoms with Gasteiger partial charge in [0.15, 0.2) is 18.2 Å². The summed E-state index contributed by atoms with van der Waals surface area (Å²) in [6.07, 6.45) is -8.20. The molecule has 1 fully saturated rings. The van der Waals surface area contributed by atoms with Crippen LogP contribution < -0.4 is 9.47 Å². The van der Waals surface area contributed by atoms with Gasteiger partial charge in [-0.1, -0.05) is 43.7 Å². The first-order chi connectivity index (χ1) is 19.3. The number of hydrogen-bond donors (Lipinski definition) is 0. The van der Waals surface area contributed by atoms with E-state index >= 15 is 0 Å². The van der Waals surface area contributed by atoms with Gasteiger partial charge >= 0.3 is 12.5 Å². The highest BCUT2D eigenvalue weighted by molar-refractivity contribution is 5.64. The molecular weight excluding hydrogens is 560 g/mol. The molecule has 0 radical (unpaired) electrons. The zero-order chi connectivity index (χ0) is 29.8. The molecule has 3 aromatic rings. The molecule has 3 aromatic carbocycles. The smallest absolute Gasteiger partial charge is 0.480 e. The van der Waals surface area contributed by atoms with Gasteiger partial charge in [-0.25, -0.2) is 13.2 Å². The fraction of sp³-hybridized carbons (Fsp3) is 0.400. The third-order valence-electron chi connectivity index (χ3n) is 6.86. The molecule has 1 saturated carbocycles. The van der Waals surface area contributed by atoms with E-state index in [1.54, 1.807) is 0 Å². The first-order valence-corrected chi connectivity index (χ1v) is 13.2. The summed E-state index contributed by atoms with van der Waals surface area (Å²) in [5, 5.41) is 0. The van der Waals surface area contributed by atoms with Crippen molar-refractivity contribution < 1.29 is 49.3 Å². The Bertz CT molecular complexity index is 1290. The van der Waals surface area contributed by atoms with Crippen LogP contribution >= 0.6 is 0 Å². The van der Waals surface area contributed by atoms with E-state index in [1.165, 1.54) is 12.1 Å². The first kappa shape index (κ1) is 30.6. The van der Waals surface area contributed by atoms with Gasteiger partial charge in [-0.3, -0.25) is 4.74 Å². The second-order valence-corrected chi connectivity index (χ2v) is 9.96. The van der Waals surface area contributed by atoms with Crippen LogP contribution in [-0.4, -0.2) is 25.2 Å². The van der Waals surface area contributed by atoms with Crippen molar-refractivity contribution in [2.75, 3.05) is 6.61 Å². The molecule has 1 aliphatic carbocycles. The third-order valence-corrected chi connectivity index (χ3v) is 6.86. The maximum Gasteiger partial charge on any atom is 0.522 e. The summed E-state index contributed by atoms with van der Waals surface area (Å²) in [6, 6.07) is 12.5. The maximum atomic E-state index is 14.7. The number of alkyl halides is 5.